The van der Waals surface area contributed by atoms with Crippen LogP contribution in [0.5, 0.6) is 0 Å². The van der Waals surface area contributed by atoms with Crippen LogP contribution in [0.15, 0.2) is 30.3 Å². The van der Waals surface area contributed by atoms with Gasteiger partial charge in [0.1, 0.15) is 5.69 Å². The molecule has 1 heterocycles. The summed E-state index contributed by atoms with van der Waals surface area (Å²) in [6.45, 7) is 2.42. The van der Waals surface area contributed by atoms with Crippen molar-refractivity contribution in [3.8, 4) is 0 Å². The van der Waals surface area contributed by atoms with Gasteiger partial charge in [0.15, 0.2) is 0 Å². The van der Waals surface area contributed by atoms with Gasteiger partial charge in [-0.2, -0.15) is 0 Å². The number of ether oxygens (including phenoxy) is 1. The van der Waals surface area contributed by atoms with Crippen LogP contribution in [0.1, 0.15) is 17.4 Å². The normalized spacial score (nSPS) is 12.1. The van der Waals surface area contributed by atoms with E-state index in [0.717, 1.165) is 11.1 Å². The number of benzene rings is 1. The fraction of sp³-hybridized carbons (Fsp3) is 0.333. The van der Waals surface area contributed by atoms with Crippen LogP contribution in [0.2, 0.25) is 0 Å². The molecule has 0 saturated heterocycles. The zero-order valence-corrected chi connectivity index (χ0v) is 12.4. The monoisotopic (exact) mass is 308 g/mol. The lowest BCUT2D eigenvalue weighted by atomic mass is 10.1. The molecule has 0 aliphatic rings. The van der Waals surface area contributed by atoms with Crippen molar-refractivity contribution in [1.82, 2.24) is 4.98 Å². The minimum Gasteiger partial charge on any atom is -0.461 e. The number of aliphatic hydroxyl groups is 1. The topological polar surface area (TPSA) is 71.5 Å². The summed E-state index contributed by atoms with van der Waals surface area (Å²) < 4.78 is 4.94. The number of pyridine rings is 1. The van der Waals surface area contributed by atoms with Crippen LogP contribution >= 0.6 is 11.6 Å². The van der Waals surface area contributed by atoms with Crippen molar-refractivity contribution >= 4 is 34.2 Å². The largest absolute Gasteiger partial charge is 0.461 e. The molecular formula is C15H17ClN2O3. The molecule has 0 saturated carbocycles. The second-order valence-corrected chi connectivity index (χ2v) is 4.79. The molecule has 2 N–H and O–H groups in total. The molecule has 0 bridgehead atoms. The summed E-state index contributed by atoms with van der Waals surface area (Å²) in [5, 5.41) is 13.5. The highest BCUT2D eigenvalue weighted by molar-refractivity contribution is 6.18. The van der Waals surface area contributed by atoms with E-state index in [2.05, 4.69) is 10.3 Å². The lowest BCUT2D eigenvalue weighted by Crippen LogP contribution is -2.20. The molecule has 112 valence electrons. The number of carbonyl (C=O) groups is 1. The number of alkyl halides is 1. The number of nitrogens with one attached hydrogen (secondary N) is 1. The van der Waals surface area contributed by atoms with Crippen molar-refractivity contribution in [3.63, 3.8) is 0 Å². The van der Waals surface area contributed by atoms with Gasteiger partial charge in [-0.15, -0.1) is 11.6 Å². The minimum absolute atomic E-state index is 0.170. The predicted octanol–water partition coefficient (Wildman–Crippen LogP) is 2.42. The van der Waals surface area contributed by atoms with Crippen molar-refractivity contribution < 1.29 is 14.6 Å². The molecule has 0 aliphatic carbocycles. The summed E-state index contributed by atoms with van der Waals surface area (Å²) in [4.78, 5) is 16.0. The van der Waals surface area contributed by atoms with Crippen molar-refractivity contribution in [1.29, 1.82) is 0 Å². The van der Waals surface area contributed by atoms with Crippen LogP contribution in [0, 0.1) is 0 Å². The predicted molar refractivity (Wildman–Crippen MR) is 82.9 cm³/mol. The van der Waals surface area contributed by atoms with Gasteiger partial charge >= 0.3 is 5.97 Å². The first-order valence-corrected chi connectivity index (χ1v) is 7.24. The molecule has 2 rings (SSSR count). The van der Waals surface area contributed by atoms with E-state index in [9.17, 15) is 9.90 Å². The number of aliphatic hydroxyl groups excluding tert-OH is 1. The summed E-state index contributed by atoms with van der Waals surface area (Å²) in [6.07, 6.45) is -0.617. The van der Waals surface area contributed by atoms with Crippen LogP contribution in [-0.2, 0) is 4.74 Å². The Hall–Kier alpha value is -1.85. The summed E-state index contributed by atoms with van der Waals surface area (Å²) in [5.74, 6) is -0.265. The van der Waals surface area contributed by atoms with E-state index >= 15 is 0 Å². The third-order valence-corrected chi connectivity index (χ3v) is 3.28. The Balaban J connectivity index is 2.27. The lowest BCUT2D eigenvalue weighted by molar-refractivity contribution is 0.0520. The zero-order chi connectivity index (χ0) is 15.2. The van der Waals surface area contributed by atoms with Gasteiger partial charge in [0.25, 0.3) is 0 Å². The molecule has 1 aromatic heterocycles. The first-order chi connectivity index (χ1) is 10.2. The molecule has 2 aromatic rings. The summed E-state index contributed by atoms with van der Waals surface area (Å²) >= 11 is 5.57. The van der Waals surface area contributed by atoms with Gasteiger partial charge in [-0.05, 0) is 31.2 Å². The average Bonchev–Trinajstić information content (AvgIpc) is 2.52. The Morgan fingerprint density at radius 1 is 1.43 bits per heavy atom. The maximum absolute atomic E-state index is 11.7. The third kappa shape index (κ3) is 3.83. The number of carbonyl (C=O) groups excluding carboxylic acids is 1. The molecule has 1 atom stereocenters. The van der Waals surface area contributed by atoms with Crippen LogP contribution in [-0.4, -0.2) is 41.2 Å². The lowest BCUT2D eigenvalue weighted by Gasteiger charge is -2.12. The summed E-state index contributed by atoms with van der Waals surface area (Å²) in [6, 6.07) is 8.98. The molecular weight excluding hydrogens is 292 g/mol. The fourth-order valence-corrected chi connectivity index (χ4v) is 2.02. The van der Waals surface area contributed by atoms with Crippen LogP contribution in [0.4, 0.5) is 5.69 Å². The average molecular weight is 309 g/mol. The summed E-state index contributed by atoms with van der Waals surface area (Å²) in [5.41, 5.74) is 1.80. The third-order valence-electron chi connectivity index (χ3n) is 2.92. The number of rotatable bonds is 6. The molecule has 0 spiro atoms. The Morgan fingerprint density at radius 3 is 2.95 bits per heavy atom. The number of nitrogens with zero attached hydrogens (tertiary/aromatic N) is 1. The van der Waals surface area contributed by atoms with Gasteiger partial charge in [0, 0.05) is 17.6 Å². The van der Waals surface area contributed by atoms with Gasteiger partial charge in [-0.3, -0.25) is 0 Å². The second-order valence-electron chi connectivity index (χ2n) is 4.48. The van der Waals surface area contributed by atoms with Crippen LogP contribution < -0.4 is 5.32 Å². The van der Waals surface area contributed by atoms with Gasteiger partial charge in [-0.1, -0.05) is 6.07 Å². The van der Waals surface area contributed by atoms with E-state index in [1.807, 2.05) is 24.3 Å². The first kappa shape index (κ1) is 15.5. The van der Waals surface area contributed by atoms with Gasteiger partial charge < -0.3 is 15.2 Å². The molecule has 21 heavy (non-hydrogen) atoms. The van der Waals surface area contributed by atoms with Gasteiger partial charge in [0.05, 0.1) is 24.1 Å². The Bertz CT molecular complexity index is 633. The Morgan fingerprint density at radius 2 is 2.24 bits per heavy atom. The van der Waals surface area contributed by atoms with E-state index in [0.29, 0.717) is 18.7 Å². The number of aromatic nitrogens is 1. The number of halogens is 1. The molecule has 6 heteroatoms. The highest BCUT2D eigenvalue weighted by Crippen LogP contribution is 2.22. The quantitative estimate of drug-likeness (QED) is 0.633. The van der Waals surface area contributed by atoms with Crippen molar-refractivity contribution in [2.75, 3.05) is 24.3 Å². The highest BCUT2D eigenvalue weighted by Gasteiger charge is 2.10. The van der Waals surface area contributed by atoms with Crippen LogP contribution in [0.3, 0.4) is 0 Å². The van der Waals surface area contributed by atoms with E-state index < -0.39 is 12.1 Å². The van der Waals surface area contributed by atoms with Crippen molar-refractivity contribution in [2.45, 2.75) is 13.0 Å². The minimum atomic E-state index is -0.617. The standard InChI is InChI=1S/C15H17ClN2O3/c1-2-21-15(20)14-7-6-11-12(17-9-10(19)8-16)4-3-5-13(11)18-14/h3-7,10,17,19H,2,8-9H2,1H3. The molecule has 0 radical (unpaired) electrons. The van der Waals surface area contributed by atoms with Crippen LogP contribution in [0.25, 0.3) is 10.9 Å². The van der Waals surface area contributed by atoms with E-state index in [1.54, 1.807) is 13.0 Å². The fourth-order valence-electron chi connectivity index (χ4n) is 1.91. The van der Waals surface area contributed by atoms with Crippen molar-refractivity contribution in [2.24, 2.45) is 0 Å². The SMILES string of the molecule is CCOC(=O)c1ccc2c(NCC(O)CCl)cccc2n1. The van der Waals surface area contributed by atoms with E-state index in [1.165, 1.54) is 0 Å². The number of anilines is 1. The van der Waals surface area contributed by atoms with E-state index in [-0.39, 0.29) is 11.6 Å². The Kier molecular flexibility index (Phi) is 5.36. The molecule has 0 amide bonds. The van der Waals surface area contributed by atoms with Crippen molar-refractivity contribution in [3.05, 3.63) is 36.0 Å². The molecule has 1 aromatic carbocycles. The highest BCUT2D eigenvalue weighted by atomic mass is 35.5. The number of hydrogen-bond acceptors (Lipinski definition) is 5. The Labute approximate surface area is 127 Å². The molecule has 5 nitrogen and oxygen atoms in total. The molecule has 0 fully saturated rings. The number of esters is 1. The maximum Gasteiger partial charge on any atom is 0.356 e. The first-order valence-electron chi connectivity index (χ1n) is 6.70. The number of hydrogen-bond donors (Lipinski definition) is 2. The summed E-state index contributed by atoms with van der Waals surface area (Å²) in [7, 11) is 0. The number of fused-ring (bicyclic) bond motifs is 1. The van der Waals surface area contributed by atoms with E-state index in [4.69, 9.17) is 16.3 Å². The second kappa shape index (κ2) is 7.24. The molecule has 0 aliphatic heterocycles. The smallest absolute Gasteiger partial charge is 0.356 e. The van der Waals surface area contributed by atoms with Gasteiger partial charge in [-0.25, -0.2) is 9.78 Å². The van der Waals surface area contributed by atoms with Gasteiger partial charge in [0.2, 0.25) is 0 Å². The zero-order valence-electron chi connectivity index (χ0n) is 11.7. The maximum atomic E-state index is 11.7. The molecule has 1 unspecified atom stereocenters.